The molecule has 0 rings (SSSR count). The van der Waals surface area contributed by atoms with Crippen LogP contribution in [0, 0.1) is 0 Å². The van der Waals surface area contributed by atoms with Crippen molar-refractivity contribution in [1.29, 1.82) is 0 Å². The van der Waals surface area contributed by atoms with Gasteiger partial charge in [0.15, 0.2) is 6.07 Å². The summed E-state index contributed by atoms with van der Waals surface area (Å²) in [7, 11) is 0. The Morgan fingerprint density at radius 2 is 2.40 bits per heavy atom. The molecule has 0 atom stereocenters. The molecule has 0 fully saturated rings. The fourth-order valence-electron chi connectivity index (χ4n) is 0.462. The average Bonchev–Trinajstić information content (AvgIpc) is 1.89. The average molecular weight is 167 g/mol. The first kappa shape index (κ1) is 9.52. The zero-order chi connectivity index (χ0) is 7.98. The van der Waals surface area contributed by atoms with Gasteiger partial charge >= 0.3 is 6.09 Å². The van der Waals surface area contributed by atoms with E-state index in [4.69, 9.17) is 17.4 Å². The molecule has 1 amide bonds. The maximum Gasteiger partial charge on any atom is 0.425 e. The maximum absolute atomic E-state index is 10.6. The van der Waals surface area contributed by atoms with Gasteiger partial charge in [0.1, 0.15) is 0 Å². The molecule has 0 aromatic heterocycles. The van der Waals surface area contributed by atoms with Crippen LogP contribution in [-0.2, 0) is 4.74 Å². The quantitative estimate of drug-likeness (QED) is 0.293. The van der Waals surface area contributed by atoms with Crippen molar-refractivity contribution in [1.82, 2.24) is 5.01 Å². The van der Waals surface area contributed by atoms with E-state index >= 15 is 0 Å². The van der Waals surface area contributed by atoms with Gasteiger partial charge in [-0.05, 0) is 6.42 Å². The standard InChI is InChI=1S/C5H11ClN2O2/c1-2-3-8(7)5(9)10-4-6/h2-4,7H2,1H3. The summed E-state index contributed by atoms with van der Waals surface area (Å²) in [5.41, 5.74) is 0. The zero-order valence-electron chi connectivity index (χ0n) is 5.84. The predicted octanol–water partition coefficient (Wildman–Crippen LogP) is 0.905. The lowest BCUT2D eigenvalue weighted by Gasteiger charge is -2.13. The van der Waals surface area contributed by atoms with Crippen LogP contribution in [0.3, 0.4) is 0 Å². The lowest BCUT2D eigenvalue weighted by Crippen LogP contribution is -2.38. The summed E-state index contributed by atoms with van der Waals surface area (Å²) in [5.74, 6) is 5.21. The number of ether oxygens (including phenoxy) is 1. The molecule has 0 aliphatic carbocycles. The van der Waals surface area contributed by atoms with Crippen molar-refractivity contribution >= 4 is 17.7 Å². The van der Waals surface area contributed by atoms with Gasteiger partial charge in [-0.1, -0.05) is 18.5 Å². The Hall–Kier alpha value is -0.480. The third-order valence-electron chi connectivity index (χ3n) is 0.877. The minimum atomic E-state index is -0.586. The first-order valence-corrected chi connectivity index (χ1v) is 3.50. The fourth-order valence-corrected chi connectivity index (χ4v) is 0.555. The van der Waals surface area contributed by atoms with E-state index in [1.165, 1.54) is 0 Å². The molecular weight excluding hydrogens is 156 g/mol. The molecule has 0 aromatic carbocycles. The number of alkyl halides is 1. The summed E-state index contributed by atoms with van der Waals surface area (Å²) in [5, 5.41) is 0.988. The number of nitrogens with zero attached hydrogens (tertiary/aromatic N) is 1. The Balaban J connectivity index is 3.49. The molecular formula is C5H11ClN2O2. The van der Waals surface area contributed by atoms with Crippen molar-refractivity contribution in [2.24, 2.45) is 5.84 Å². The number of nitrogens with two attached hydrogens (primary N) is 1. The second-order valence-electron chi connectivity index (χ2n) is 1.71. The molecule has 0 aromatic rings. The molecule has 0 spiro atoms. The van der Waals surface area contributed by atoms with Crippen LogP contribution in [0.15, 0.2) is 0 Å². The first-order chi connectivity index (χ1) is 4.72. The Morgan fingerprint density at radius 1 is 1.80 bits per heavy atom. The van der Waals surface area contributed by atoms with Crippen LogP contribution in [0.2, 0.25) is 0 Å². The van der Waals surface area contributed by atoms with Gasteiger partial charge in [0.2, 0.25) is 0 Å². The summed E-state index contributed by atoms with van der Waals surface area (Å²) < 4.78 is 4.38. The number of amides is 1. The third kappa shape index (κ3) is 3.53. The minimum absolute atomic E-state index is 0.157. The molecule has 0 saturated carbocycles. The highest BCUT2D eigenvalue weighted by Crippen LogP contribution is 1.89. The monoisotopic (exact) mass is 166 g/mol. The van der Waals surface area contributed by atoms with Gasteiger partial charge in [0.25, 0.3) is 0 Å². The van der Waals surface area contributed by atoms with Gasteiger partial charge in [-0.15, -0.1) is 0 Å². The van der Waals surface area contributed by atoms with E-state index in [1.54, 1.807) is 0 Å². The number of hydrogen-bond acceptors (Lipinski definition) is 3. The third-order valence-corrected chi connectivity index (χ3v) is 0.986. The summed E-state index contributed by atoms with van der Waals surface area (Å²) in [4.78, 5) is 10.6. The van der Waals surface area contributed by atoms with E-state index in [2.05, 4.69) is 4.74 Å². The van der Waals surface area contributed by atoms with E-state index in [0.29, 0.717) is 6.54 Å². The van der Waals surface area contributed by atoms with Crippen LogP contribution in [0.5, 0.6) is 0 Å². The molecule has 0 saturated heterocycles. The lowest BCUT2D eigenvalue weighted by molar-refractivity contribution is 0.118. The van der Waals surface area contributed by atoms with Crippen molar-refractivity contribution < 1.29 is 9.53 Å². The molecule has 4 nitrogen and oxygen atoms in total. The molecule has 10 heavy (non-hydrogen) atoms. The second kappa shape index (κ2) is 5.32. The van der Waals surface area contributed by atoms with Crippen LogP contribution in [0.25, 0.3) is 0 Å². The zero-order valence-corrected chi connectivity index (χ0v) is 6.60. The topological polar surface area (TPSA) is 55.6 Å². The van der Waals surface area contributed by atoms with Crippen LogP contribution in [0.1, 0.15) is 13.3 Å². The van der Waals surface area contributed by atoms with E-state index in [0.717, 1.165) is 11.4 Å². The number of carbonyl (C=O) groups excluding carboxylic acids is 1. The van der Waals surface area contributed by atoms with Crippen molar-refractivity contribution in [3.63, 3.8) is 0 Å². The molecule has 0 aliphatic heterocycles. The van der Waals surface area contributed by atoms with Crippen LogP contribution >= 0.6 is 11.6 Å². The molecule has 0 radical (unpaired) electrons. The van der Waals surface area contributed by atoms with Gasteiger partial charge < -0.3 is 4.74 Å². The van der Waals surface area contributed by atoms with Crippen LogP contribution in [-0.4, -0.2) is 23.7 Å². The van der Waals surface area contributed by atoms with Gasteiger partial charge in [-0.25, -0.2) is 15.6 Å². The highest BCUT2D eigenvalue weighted by molar-refractivity contribution is 6.17. The highest BCUT2D eigenvalue weighted by Gasteiger charge is 2.07. The van der Waals surface area contributed by atoms with Crippen LogP contribution in [0.4, 0.5) is 4.79 Å². The minimum Gasteiger partial charge on any atom is -0.432 e. The van der Waals surface area contributed by atoms with Gasteiger partial charge in [0.05, 0.1) is 0 Å². The summed E-state index contributed by atoms with van der Waals surface area (Å²) in [6, 6.07) is -0.157. The second-order valence-corrected chi connectivity index (χ2v) is 1.93. The molecule has 0 aliphatic rings. The number of rotatable bonds is 3. The molecule has 0 bridgehead atoms. The van der Waals surface area contributed by atoms with E-state index < -0.39 is 6.09 Å². The number of hydrazine groups is 1. The number of halogens is 1. The maximum atomic E-state index is 10.6. The van der Waals surface area contributed by atoms with E-state index in [9.17, 15) is 4.79 Å². The molecule has 0 unspecified atom stereocenters. The Kier molecular flexibility index (Phi) is 5.06. The Morgan fingerprint density at radius 3 is 2.80 bits per heavy atom. The normalized spacial score (nSPS) is 9.10. The number of hydrogen-bond donors (Lipinski definition) is 1. The van der Waals surface area contributed by atoms with Crippen molar-refractivity contribution in [2.45, 2.75) is 13.3 Å². The van der Waals surface area contributed by atoms with Crippen molar-refractivity contribution in [3.8, 4) is 0 Å². The van der Waals surface area contributed by atoms with Gasteiger partial charge in [0, 0.05) is 6.54 Å². The smallest absolute Gasteiger partial charge is 0.425 e. The molecule has 0 heterocycles. The van der Waals surface area contributed by atoms with Crippen molar-refractivity contribution in [2.75, 3.05) is 12.6 Å². The summed E-state index contributed by atoms with van der Waals surface area (Å²) >= 11 is 5.12. The summed E-state index contributed by atoms with van der Waals surface area (Å²) in [6.45, 7) is 2.39. The Labute approximate surface area is 64.8 Å². The molecule has 5 heteroatoms. The van der Waals surface area contributed by atoms with Crippen LogP contribution < -0.4 is 5.84 Å². The fraction of sp³-hybridized carbons (Fsp3) is 0.800. The van der Waals surface area contributed by atoms with Gasteiger partial charge in [-0.2, -0.15) is 0 Å². The molecule has 2 N–H and O–H groups in total. The van der Waals surface area contributed by atoms with E-state index in [1.807, 2.05) is 6.92 Å². The molecule has 60 valence electrons. The van der Waals surface area contributed by atoms with E-state index in [-0.39, 0.29) is 6.07 Å². The number of carbonyl (C=O) groups is 1. The first-order valence-electron chi connectivity index (χ1n) is 2.97. The Bertz CT molecular complexity index is 110. The predicted molar refractivity (Wildman–Crippen MR) is 38.4 cm³/mol. The van der Waals surface area contributed by atoms with Gasteiger partial charge in [-0.3, -0.25) is 0 Å². The lowest BCUT2D eigenvalue weighted by atomic mass is 10.5. The summed E-state index contributed by atoms with van der Waals surface area (Å²) in [6.07, 6.45) is 0.213. The van der Waals surface area contributed by atoms with Crippen molar-refractivity contribution in [3.05, 3.63) is 0 Å². The largest absolute Gasteiger partial charge is 0.432 e. The SMILES string of the molecule is CCCN(N)C(=O)OCCl. The highest BCUT2D eigenvalue weighted by atomic mass is 35.5.